The first-order valence-corrected chi connectivity index (χ1v) is 7.51. The maximum absolute atomic E-state index is 5.85. The van der Waals surface area contributed by atoms with Crippen molar-refractivity contribution in [1.29, 1.82) is 0 Å². The molecule has 1 heterocycles. The molecule has 1 aliphatic carbocycles. The molecule has 2 rings (SSSR count). The molecule has 0 saturated heterocycles. The summed E-state index contributed by atoms with van der Waals surface area (Å²) in [5.74, 6) is 1.44. The maximum atomic E-state index is 5.85. The highest BCUT2D eigenvalue weighted by Crippen LogP contribution is 2.31. The largest absolute Gasteiger partial charge is 0.372 e. The Morgan fingerprint density at radius 2 is 2.06 bits per heavy atom. The topological polar surface area (TPSA) is 16.1 Å². The number of pyridine rings is 1. The third-order valence-corrected chi connectivity index (χ3v) is 4.56. The molecule has 0 amide bonds. The van der Waals surface area contributed by atoms with Gasteiger partial charge in [-0.3, -0.25) is 4.98 Å². The predicted octanol–water partition coefficient (Wildman–Crippen LogP) is 4.23. The molecule has 1 aliphatic rings. The molecule has 1 aromatic heterocycles. The lowest BCUT2D eigenvalue weighted by molar-refractivity contribution is 0.313. The molecule has 1 aromatic rings. The van der Waals surface area contributed by atoms with Crippen molar-refractivity contribution in [3.05, 3.63) is 24.0 Å². The fourth-order valence-corrected chi connectivity index (χ4v) is 3.06. The zero-order valence-electron chi connectivity index (χ0n) is 11.4. The van der Waals surface area contributed by atoms with Crippen molar-refractivity contribution in [3.63, 3.8) is 0 Å². The van der Waals surface area contributed by atoms with Crippen LogP contribution in [-0.2, 0) is 5.88 Å². The van der Waals surface area contributed by atoms with E-state index in [9.17, 15) is 0 Å². The Hall–Kier alpha value is -0.760. The average Bonchev–Trinajstić information content (AvgIpc) is 2.46. The van der Waals surface area contributed by atoms with Gasteiger partial charge in [0.2, 0.25) is 0 Å². The molecule has 0 N–H and O–H groups in total. The molecule has 3 heteroatoms. The Morgan fingerprint density at radius 3 is 2.67 bits per heavy atom. The fraction of sp³-hybridized carbons (Fsp3) is 0.667. The van der Waals surface area contributed by atoms with Gasteiger partial charge in [-0.1, -0.05) is 13.3 Å². The van der Waals surface area contributed by atoms with Crippen LogP contribution in [0, 0.1) is 5.92 Å². The summed E-state index contributed by atoms with van der Waals surface area (Å²) in [4.78, 5) is 6.66. The molecule has 0 spiro atoms. The number of nitrogens with zero attached hydrogens (tertiary/aromatic N) is 2. The van der Waals surface area contributed by atoms with Gasteiger partial charge in [-0.25, -0.2) is 0 Å². The van der Waals surface area contributed by atoms with Crippen LogP contribution in [0.2, 0.25) is 0 Å². The number of hydrogen-bond acceptors (Lipinski definition) is 2. The van der Waals surface area contributed by atoms with E-state index < -0.39 is 0 Å². The molecule has 2 nitrogen and oxygen atoms in total. The van der Waals surface area contributed by atoms with Gasteiger partial charge in [0.1, 0.15) is 0 Å². The van der Waals surface area contributed by atoms with E-state index in [0.717, 1.165) is 11.6 Å². The van der Waals surface area contributed by atoms with Crippen molar-refractivity contribution in [2.24, 2.45) is 5.92 Å². The van der Waals surface area contributed by atoms with Crippen molar-refractivity contribution in [1.82, 2.24) is 4.98 Å². The third kappa shape index (κ3) is 3.17. The number of rotatable bonds is 4. The standard InChI is InChI=1S/C15H23ClN2/c1-3-12-4-6-14(7-5-12)18(2)15-8-9-17-13(10-15)11-16/h8-10,12,14H,3-7,11H2,1-2H3. The van der Waals surface area contributed by atoms with E-state index in [-0.39, 0.29) is 0 Å². The lowest BCUT2D eigenvalue weighted by atomic mass is 9.84. The van der Waals surface area contributed by atoms with Crippen molar-refractivity contribution in [3.8, 4) is 0 Å². The van der Waals surface area contributed by atoms with Crippen molar-refractivity contribution < 1.29 is 0 Å². The average molecular weight is 267 g/mol. The van der Waals surface area contributed by atoms with Crippen molar-refractivity contribution in [2.45, 2.75) is 50.9 Å². The molecule has 1 saturated carbocycles. The normalized spacial score (nSPS) is 23.9. The number of halogens is 1. The fourth-order valence-electron chi connectivity index (χ4n) is 2.91. The first-order chi connectivity index (χ1) is 8.74. The van der Waals surface area contributed by atoms with Crippen LogP contribution in [0.5, 0.6) is 0 Å². The first kappa shape index (κ1) is 13.7. The van der Waals surface area contributed by atoms with E-state index in [1.807, 2.05) is 6.20 Å². The molecule has 0 aromatic carbocycles. The highest BCUT2D eigenvalue weighted by molar-refractivity contribution is 6.16. The van der Waals surface area contributed by atoms with Crippen LogP contribution < -0.4 is 4.90 Å². The Morgan fingerprint density at radius 1 is 1.33 bits per heavy atom. The lowest BCUT2D eigenvalue weighted by Gasteiger charge is -2.35. The Bertz CT molecular complexity index is 373. The van der Waals surface area contributed by atoms with Gasteiger partial charge in [-0.15, -0.1) is 11.6 Å². The van der Waals surface area contributed by atoms with Crippen LogP contribution in [0.1, 0.15) is 44.7 Å². The van der Waals surface area contributed by atoms with E-state index in [2.05, 4.69) is 36.0 Å². The van der Waals surface area contributed by atoms with Gasteiger partial charge in [0.25, 0.3) is 0 Å². The summed E-state index contributed by atoms with van der Waals surface area (Å²) in [6, 6.07) is 4.87. The molecule has 100 valence electrons. The van der Waals surface area contributed by atoms with Crippen LogP contribution in [0.25, 0.3) is 0 Å². The van der Waals surface area contributed by atoms with Gasteiger partial charge in [0.15, 0.2) is 0 Å². The van der Waals surface area contributed by atoms with E-state index in [1.165, 1.54) is 37.8 Å². The molecule has 0 aliphatic heterocycles. The highest BCUT2D eigenvalue weighted by atomic mass is 35.5. The number of alkyl halides is 1. The van der Waals surface area contributed by atoms with Gasteiger partial charge >= 0.3 is 0 Å². The lowest BCUT2D eigenvalue weighted by Crippen LogP contribution is -2.35. The first-order valence-electron chi connectivity index (χ1n) is 6.98. The van der Waals surface area contributed by atoms with Crippen molar-refractivity contribution in [2.75, 3.05) is 11.9 Å². The minimum atomic E-state index is 0.490. The van der Waals surface area contributed by atoms with E-state index in [4.69, 9.17) is 11.6 Å². The number of anilines is 1. The van der Waals surface area contributed by atoms with Crippen LogP contribution in [0.3, 0.4) is 0 Å². The molecular weight excluding hydrogens is 244 g/mol. The number of aromatic nitrogens is 1. The van der Waals surface area contributed by atoms with Gasteiger partial charge in [-0.2, -0.15) is 0 Å². The molecule has 18 heavy (non-hydrogen) atoms. The second-order valence-electron chi connectivity index (χ2n) is 5.33. The summed E-state index contributed by atoms with van der Waals surface area (Å²) < 4.78 is 0. The molecule has 0 radical (unpaired) electrons. The monoisotopic (exact) mass is 266 g/mol. The predicted molar refractivity (Wildman–Crippen MR) is 78.2 cm³/mol. The summed E-state index contributed by atoms with van der Waals surface area (Å²) in [6.45, 7) is 2.31. The third-order valence-electron chi connectivity index (χ3n) is 4.29. The number of hydrogen-bond donors (Lipinski definition) is 0. The van der Waals surface area contributed by atoms with E-state index in [0.29, 0.717) is 11.9 Å². The quantitative estimate of drug-likeness (QED) is 0.759. The summed E-state index contributed by atoms with van der Waals surface area (Å²) in [6.07, 6.45) is 8.57. The SMILES string of the molecule is CCC1CCC(N(C)c2ccnc(CCl)c2)CC1. The molecule has 0 unspecified atom stereocenters. The van der Waals surface area contributed by atoms with Crippen LogP contribution >= 0.6 is 11.6 Å². The summed E-state index contributed by atoms with van der Waals surface area (Å²) in [5.41, 5.74) is 2.21. The molecule has 0 atom stereocenters. The summed E-state index contributed by atoms with van der Waals surface area (Å²) >= 11 is 5.85. The zero-order valence-corrected chi connectivity index (χ0v) is 12.2. The minimum Gasteiger partial charge on any atom is -0.372 e. The van der Waals surface area contributed by atoms with Gasteiger partial charge in [-0.05, 0) is 43.7 Å². The van der Waals surface area contributed by atoms with Gasteiger partial charge in [0.05, 0.1) is 11.6 Å². The van der Waals surface area contributed by atoms with Crippen molar-refractivity contribution >= 4 is 17.3 Å². The van der Waals surface area contributed by atoms with Crippen LogP contribution in [0.4, 0.5) is 5.69 Å². The highest BCUT2D eigenvalue weighted by Gasteiger charge is 2.23. The smallest absolute Gasteiger partial charge is 0.0648 e. The van der Waals surface area contributed by atoms with Gasteiger partial charge < -0.3 is 4.90 Å². The van der Waals surface area contributed by atoms with Crippen LogP contribution in [0.15, 0.2) is 18.3 Å². The maximum Gasteiger partial charge on any atom is 0.0648 e. The molecule has 1 fully saturated rings. The molecule has 0 bridgehead atoms. The van der Waals surface area contributed by atoms with E-state index in [1.54, 1.807) is 0 Å². The Balaban J connectivity index is 2.00. The summed E-state index contributed by atoms with van der Waals surface area (Å²) in [7, 11) is 2.20. The van der Waals surface area contributed by atoms with E-state index >= 15 is 0 Å². The van der Waals surface area contributed by atoms with Gasteiger partial charge in [0, 0.05) is 25.0 Å². The molecular formula is C15H23ClN2. The second kappa shape index (κ2) is 6.42. The second-order valence-corrected chi connectivity index (χ2v) is 5.60. The minimum absolute atomic E-state index is 0.490. The van der Waals surface area contributed by atoms with Crippen LogP contribution in [-0.4, -0.2) is 18.1 Å². The Labute approximate surface area is 115 Å². The zero-order chi connectivity index (χ0) is 13.0. The summed E-state index contributed by atoms with van der Waals surface area (Å²) in [5, 5.41) is 0. The Kier molecular flexibility index (Phi) is 4.87.